The number of hydrogen-bond donors (Lipinski definition) is 1. The number of imidazole rings is 1. The smallest absolute Gasteiger partial charge is 0.137 e. The van der Waals surface area contributed by atoms with Gasteiger partial charge in [0, 0.05) is 11.8 Å². The summed E-state index contributed by atoms with van der Waals surface area (Å²) in [7, 11) is 0. The van der Waals surface area contributed by atoms with E-state index in [0.29, 0.717) is 6.42 Å². The second kappa shape index (κ2) is 6.42. The van der Waals surface area contributed by atoms with Gasteiger partial charge in [-0.25, -0.2) is 4.98 Å². The van der Waals surface area contributed by atoms with Gasteiger partial charge in [-0.2, -0.15) is 0 Å². The zero-order valence-corrected chi connectivity index (χ0v) is 13.7. The van der Waals surface area contributed by atoms with Gasteiger partial charge < -0.3 is 14.2 Å². The van der Waals surface area contributed by atoms with Crippen LogP contribution in [0.25, 0.3) is 16.9 Å². The zero-order chi connectivity index (χ0) is 16.4. The Morgan fingerprint density at radius 1 is 1.13 bits per heavy atom. The van der Waals surface area contributed by atoms with Crippen molar-refractivity contribution in [3.8, 4) is 17.0 Å². The highest BCUT2D eigenvalue weighted by molar-refractivity contribution is 5.67. The minimum atomic E-state index is -0.547. The molecule has 3 rings (SSSR count). The lowest BCUT2D eigenvalue weighted by Gasteiger charge is -2.12. The molecule has 120 valence electrons. The summed E-state index contributed by atoms with van der Waals surface area (Å²) in [6.45, 7) is 5.98. The van der Waals surface area contributed by atoms with Crippen molar-refractivity contribution in [1.29, 1.82) is 0 Å². The maximum absolute atomic E-state index is 10.4. The van der Waals surface area contributed by atoms with E-state index in [1.807, 2.05) is 73.8 Å². The molecule has 0 bridgehead atoms. The van der Waals surface area contributed by atoms with Gasteiger partial charge in [-0.1, -0.05) is 13.0 Å². The Morgan fingerprint density at radius 3 is 2.52 bits per heavy atom. The monoisotopic (exact) mass is 310 g/mol. The van der Waals surface area contributed by atoms with Crippen molar-refractivity contribution in [3.63, 3.8) is 0 Å². The van der Waals surface area contributed by atoms with Gasteiger partial charge in [-0.15, -0.1) is 0 Å². The maximum Gasteiger partial charge on any atom is 0.137 e. The van der Waals surface area contributed by atoms with Crippen LogP contribution in [-0.2, 0) is 0 Å². The number of hydrogen-bond acceptors (Lipinski definition) is 3. The van der Waals surface area contributed by atoms with E-state index in [9.17, 15) is 5.11 Å². The number of aromatic nitrogens is 2. The number of pyridine rings is 1. The number of nitrogens with zero attached hydrogens (tertiary/aromatic N) is 2. The van der Waals surface area contributed by atoms with Gasteiger partial charge in [0.15, 0.2) is 0 Å². The molecule has 1 N–H and O–H groups in total. The van der Waals surface area contributed by atoms with Crippen molar-refractivity contribution in [3.05, 3.63) is 54.4 Å². The highest BCUT2D eigenvalue weighted by Crippen LogP contribution is 2.31. The molecular weight excluding hydrogens is 288 g/mol. The molecule has 4 heteroatoms. The number of rotatable bonds is 5. The molecular formula is C19H22N2O2. The highest BCUT2D eigenvalue weighted by Gasteiger charge is 2.19. The normalized spacial score (nSPS) is 12.7. The van der Waals surface area contributed by atoms with Gasteiger partial charge in [0.1, 0.15) is 11.4 Å². The quantitative estimate of drug-likeness (QED) is 0.767. The van der Waals surface area contributed by atoms with E-state index in [2.05, 4.69) is 0 Å². The molecule has 2 heterocycles. The fourth-order valence-electron chi connectivity index (χ4n) is 2.70. The summed E-state index contributed by atoms with van der Waals surface area (Å²) in [5, 5.41) is 10.4. The van der Waals surface area contributed by atoms with Gasteiger partial charge in [0.05, 0.1) is 23.6 Å². The van der Waals surface area contributed by atoms with Gasteiger partial charge in [-0.3, -0.25) is 0 Å². The number of aliphatic hydroxyl groups excluding tert-OH is 1. The van der Waals surface area contributed by atoms with Crippen LogP contribution in [0.2, 0.25) is 0 Å². The second-order valence-corrected chi connectivity index (χ2v) is 5.89. The fourth-order valence-corrected chi connectivity index (χ4v) is 2.70. The lowest BCUT2D eigenvalue weighted by Crippen LogP contribution is -2.05. The molecule has 0 aliphatic carbocycles. The van der Waals surface area contributed by atoms with Gasteiger partial charge in [-0.05, 0) is 56.7 Å². The van der Waals surface area contributed by atoms with Crippen molar-refractivity contribution in [1.82, 2.24) is 9.38 Å². The van der Waals surface area contributed by atoms with Crippen LogP contribution >= 0.6 is 0 Å². The second-order valence-electron chi connectivity index (χ2n) is 5.89. The average molecular weight is 310 g/mol. The predicted octanol–water partition coefficient (Wildman–Crippen LogP) is 4.23. The molecule has 23 heavy (non-hydrogen) atoms. The fraction of sp³-hybridized carbons (Fsp3) is 0.316. The Bertz CT molecular complexity index is 791. The first-order chi connectivity index (χ1) is 11.1. The van der Waals surface area contributed by atoms with Crippen LogP contribution in [0.4, 0.5) is 0 Å². The largest absolute Gasteiger partial charge is 0.491 e. The third kappa shape index (κ3) is 3.08. The summed E-state index contributed by atoms with van der Waals surface area (Å²) in [5.74, 6) is 0.838. The van der Waals surface area contributed by atoms with Crippen LogP contribution < -0.4 is 4.74 Å². The Morgan fingerprint density at radius 2 is 1.87 bits per heavy atom. The molecule has 0 aliphatic heterocycles. The highest BCUT2D eigenvalue weighted by atomic mass is 16.5. The van der Waals surface area contributed by atoms with Crippen molar-refractivity contribution in [2.45, 2.75) is 39.4 Å². The molecule has 1 unspecified atom stereocenters. The number of benzene rings is 1. The number of aliphatic hydroxyl groups is 1. The van der Waals surface area contributed by atoms with E-state index in [4.69, 9.17) is 9.72 Å². The first-order valence-corrected chi connectivity index (χ1v) is 8.02. The summed E-state index contributed by atoms with van der Waals surface area (Å²) in [4.78, 5) is 4.70. The molecule has 0 amide bonds. The SMILES string of the molecule is CCC(O)c1c(-c2ccc(OC(C)C)cc2)nc2ccccn12. The van der Waals surface area contributed by atoms with E-state index in [1.54, 1.807) is 0 Å². The average Bonchev–Trinajstić information content (AvgIpc) is 2.93. The van der Waals surface area contributed by atoms with Gasteiger partial charge in [0.25, 0.3) is 0 Å². The Labute approximate surface area is 136 Å². The number of ether oxygens (including phenoxy) is 1. The van der Waals surface area contributed by atoms with E-state index in [0.717, 1.165) is 28.3 Å². The molecule has 1 atom stereocenters. The molecule has 0 radical (unpaired) electrons. The topological polar surface area (TPSA) is 46.8 Å². The number of fused-ring (bicyclic) bond motifs is 1. The Balaban J connectivity index is 2.08. The molecule has 1 aromatic carbocycles. The van der Waals surface area contributed by atoms with E-state index in [1.165, 1.54) is 0 Å². The first-order valence-electron chi connectivity index (χ1n) is 8.02. The van der Waals surface area contributed by atoms with Crippen molar-refractivity contribution < 1.29 is 9.84 Å². The molecule has 2 aromatic heterocycles. The molecule has 0 saturated carbocycles. The van der Waals surface area contributed by atoms with Crippen LogP contribution in [0.5, 0.6) is 5.75 Å². The van der Waals surface area contributed by atoms with Crippen LogP contribution in [0.1, 0.15) is 39.0 Å². The molecule has 0 fully saturated rings. The maximum atomic E-state index is 10.4. The van der Waals surface area contributed by atoms with Crippen LogP contribution in [0.3, 0.4) is 0 Å². The Hall–Kier alpha value is -2.33. The van der Waals surface area contributed by atoms with Crippen LogP contribution in [0, 0.1) is 0 Å². The summed E-state index contributed by atoms with van der Waals surface area (Å²) < 4.78 is 7.65. The van der Waals surface area contributed by atoms with Crippen LogP contribution in [0.15, 0.2) is 48.7 Å². The van der Waals surface area contributed by atoms with Crippen LogP contribution in [-0.4, -0.2) is 20.6 Å². The zero-order valence-electron chi connectivity index (χ0n) is 13.7. The van der Waals surface area contributed by atoms with Crippen molar-refractivity contribution >= 4 is 5.65 Å². The predicted molar refractivity (Wildman–Crippen MR) is 91.6 cm³/mol. The summed E-state index contributed by atoms with van der Waals surface area (Å²) in [5.41, 5.74) is 3.47. The summed E-state index contributed by atoms with van der Waals surface area (Å²) in [6, 6.07) is 13.7. The van der Waals surface area contributed by atoms with E-state index >= 15 is 0 Å². The standard InChI is InChI=1S/C19H22N2O2/c1-4-16(22)19-18(20-17-7-5-6-12-21(17)19)14-8-10-15(11-9-14)23-13(2)3/h5-13,16,22H,4H2,1-3H3. The Kier molecular flexibility index (Phi) is 4.35. The van der Waals surface area contributed by atoms with E-state index in [-0.39, 0.29) is 6.10 Å². The third-order valence-electron chi connectivity index (χ3n) is 3.77. The summed E-state index contributed by atoms with van der Waals surface area (Å²) >= 11 is 0. The molecule has 4 nitrogen and oxygen atoms in total. The van der Waals surface area contributed by atoms with Gasteiger partial charge in [0.2, 0.25) is 0 Å². The summed E-state index contributed by atoms with van der Waals surface area (Å²) in [6.07, 6.45) is 2.18. The minimum Gasteiger partial charge on any atom is -0.491 e. The van der Waals surface area contributed by atoms with E-state index < -0.39 is 6.10 Å². The molecule has 3 aromatic rings. The minimum absolute atomic E-state index is 0.147. The van der Waals surface area contributed by atoms with Gasteiger partial charge >= 0.3 is 0 Å². The lowest BCUT2D eigenvalue weighted by molar-refractivity contribution is 0.168. The van der Waals surface area contributed by atoms with Crippen molar-refractivity contribution in [2.24, 2.45) is 0 Å². The first kappa shape index (κ1) is 15.6. The van der Waals surface area contributed by atoms with Crippen molar-refractivity contribution in [2.75, 3.05) is 0 Å². The molecule has 0 saturated heterocycles. The third-order valence-corrected chi connectivity index (χ3v) is 3.77. The molecule has 0 aliphatic rings. The lowest BCUT2D eigenvalue weighted by atomic mass is 10.1. The molecule has 0 spiro atoms.